The van der Waals surface area contributed by atoms with Crippen molar-refractivity contribution in [2.24, 2.45) is 0 Å². The van der Waals surface area contributed by atoms with Gasteiger partial charge in [0.15, 0.2) is 0 Å². The van der Waals surface area contributed by atoms with Gasteiger partial charge in [-0.1, -0.05) is 0 Å². The molecule has 1 saturated heterocycles. The van der Waals surface area contributed by atoms with E-state index >= 15 is 0 Å². The molecule has 0 bridgehead atoms. The van der Waals surface area contributed by atoms with Crippen molar-refractivity contribution in [2.45, 2.75) is 12.5 Å². The molecule has 6 nitrogen and oxygen atoms in total. The fourth-order valence-corrected chi connectivity index (χ4v) is 1.69. The molecule has 1 aromatic rings. The van der Waals surface area contributed by atoms with Crippen LogP contribution in [0.3, 0.4) is 0 Å². The lowest BCUT2D eigenvalue weighted by molar-refractivity contribution is 0.198. The number of hydrogen-bond donors (Lipinski definition) is 3. The molecule has 1 atom stereocenters. The van der Waals surface area contributed by atoms with E-state index < -0.39 is 0 Å². The predicted octanol–water partition coefficient (Wildman–Crippen LogP) is -0.329. The van der Waals surface area contributed by atoms with Crippen LogP contribution >= 0.6 is 0 Å². The molecule has 0 amide bonds. The maximum atomic E-state index is 9.42. The van der Waals surface area contributed by atoms with Crippen LogP contribution < -0.4 is 16.0 Å². The van der Waals surface area contributed by atoms with Crippen LogP contribution in [0.4, 0.5) is 17.6 Å². The molecule has 1 aromatic heterocycles. The standard InChI is InChI=1S/C9H15N5O/c1-11-7-4-8(13-9(10)12-7)14-3-2-6(15)5-14/h4,6,15H,2-3,5H2,1H3,(H3,10,11,12,13)/t6-/m1/s1. The number of rotatable bonds is 2. The highest BCUT2D eigenvalue weighted by Gasteiger charge is 2.21. The van der Waals surface area contributed by atoms with E-state index in [4.69, 9.17) is 5.73 Å². The normalized spacial score (nSPS) is 20.7. The number of nitrogens with one attached hydrogen (secondary N) is 1. The first-order valence-electron chi connectivity index (χ1n) is 4.94. The Balaban J connectivity index is 2.24. The first-order chi connectivity index (χ1) is 7.19. The Bertz CT molecular complexity index is 356. The average molecular weight is 209 g/mol. The van der Waals surface area contributed by atoms with Gasteiger partial charge in [0, 0.05) is 26.2 Å². The summed E-state index contributed by atoms with van der Waals surface area (Å²) in [6, 6.07) is 1.83. The summed E-state index contributed by atoms with van der Waals surface area (Å²) in [7, 11) is 1.78. The summed E-state index contributed by atoms with van der Waals surface area (Å²) in [5.41, 5.74) is 5.59. The number of aliphatic hydroxyl groups is 1. The Morgan fingerprint density at radius 3 is 3.00 bits per heavy atom. The maximum absolute atomic E-state index is 9.42. The van der Waals surface area contributed by atoms with Crippen molar-refractivity contribution in [1.29, 1.82) is 0 Å². The summed E-state index contributed by atoms with van der Waals surface area (Å²) in [5, 5.41) is 12.3. The third kappa shape index (κ3) is 2.10. The number of aliphatic hydroxyl groups excluding tert-OH is 1. The molecule has 1 aliphatic heterocycles. The van der Waals surface area contributed by atoms with Crippen molar-refractivity contribution in [1.82, 2.24) is 9.97 Å². The second-order valence-corrected chi connectivity index (χ2v) is 3.61. The smallest absolute Gasteiger partial charge is 0.223 e. The zero-order valence-electron chi connectivity index (χ0n) is 8.64. The van der Waals surface area contributed by atoms with E-state index in [1.54, 1.807) is 7.05 Å². The van der Waals surface area contributed by atoms with Crippen molar-refractivity contribution in [3.05, 3.63) is 6.07 Å². The topological polar surface area (TPSA) is 87.3 Å². The van der Waals surface area contributed by atoms with Gasteiger partial charge in [0.05, 0.1) is 6.10 Å². The lowest BCUT2D eigenvalue weighted by atomic mass is 10.3. The van der Waals surface area contributed by atoms with Crippen LogP contribution in [0.15, 0.2) is 6.07 Å². The summed E-state index contributed by atoms with van der Waals surface area (Å²) in [6.07, 6.45) is 0.512. The minimum absolute atomic E-state index is 0.248. The molecule has 2 heterocycles. The van der Waals surface area contributed by atoms with E-state index in [-0.39, 0.29) is 12.1 Å². The third-order valence-electron chi connectivity index (χ3n) is 2.47. The zero-order chi connectivity index (χ0) is 10.8. The lowest BCUT2D eigenvalue weighted by Crippen LogP contribution is -2.23. The molecule has 0 spiro atoms. The van der Waals surface area contributed by atoms with Crippen molar-refractivity contribution >= 4 is 17.6 Å². The van der Waals surface area contributed by atoms with E-state index in [2.05, 4.69) is 15.3 Å². The highest BCUT2D eigenvalue weighted by molar-refractivity contribution is 5.52. The fourth-order valence-electron chi connectivity index (χ4n) is 1.69. The first kappa shape index (κ1) is 9.97. The van der Waals surface area contributed by atoms with Crippen LogP contribution in [-0.4, -0.2) is 41.3 Å². The van der Waals surface area contributed by atoms with Gasteiger partial charge >= 0.3 is 0 Å². The zero-order valence-corrected chi connectivity index (χ0v) is 8.64. The van der Waals surface area contributed by atoms with E-state index in [1.165, 1.54) is 0 Å². The van der Waals surface area contributed by atoms with Gasteiger partial charge in [-0.05, 0) is 6.42 Å². The van der Waals surface area contributed by atoms with Crippen molar-refractivity contribution in [3.63, 3.8) is 0 Å². The van der Waals surface area contributed by atoms with E-state index in [1.807, 2.05) is 11.0 Å². The quantitative estimate of drug-likeness (QED) is 0.618. The van der Waals surface area contributed by atoms with Crippen LogP contribution in [0.25, 0.3) is 0 Å². The average Bonchev–Trinajstić information content (AvgIpc) is 2.64. The van der Waals surface area contributed by atoms with Crippen LogP contribution in [-0.2, 0) is 0 Å². The Morgan fingerprint density at radius 2 is 2.40 bits per heavy atom. The summed E-state index contributed by atoms with van der Waals surface area (Å²) in [4.78, 5) is 10.2. The number of aromatic nitrogens is 2. The van der Waals surface area contributed by atoms with Crippen LogP contribution in [0, 0.1) is 0 Å². The lowest BCUT2D eigenvalue weighted by Gasteiger charge is -2.17. The van der Waals surface area contributed by atoms with Gasteiger partial charge in [-0.2, -0.15) is 9.97 Å². The number of β-amino-alcohol motifs (C(OH)–C–C–N with tert-alkyl or cyclic N) is 1. The van der Waals surface area contributed by atoms with Crippen molar-refractivity contribution in [3.8, 4) is 0 Å². The van der Waals surface area contributed by atoms with Gasteiger partial charge in [-0.15, -0.1) is 0 Å². The molecular formula is C9H15N5O. The summed E-state index contributed by atoms with van der Waals surface area (Å²) >= 11 is 0. The molecule has 15 heavy (non-hydrogen) atoms. The molecule has 1 fully saturated rings. The van der Waals surface area contributed by atoms with Gasteiger partial charge in [-0.25, -0.2) is 0 Å². The Labute approximate surface area is 88.1 Å². The molecule has 2 rings (SSSR count). The molecule has 82 valence electrons. The highest BCUT2D eigenvalue weighted by atomic mass is 16.3. The number of nitrogen functional groups attached to an aromatic ring is 1. The minimum Gasteiger partial charge on any atom is -0.391 e. The Kier molecular flexibility index (Phi) is 2.59. The van der Waals surface area contributed by atoms with E-state index in [9.17, 15) is 5.11 Å². The van der Waals surface area contributed by atoms with Gasteiger partial charge < -0.3 is 21.1 Å². The molecule has 0 radical (unpaired) electrons. The minimum atomic E-state index is -0.265. The van der Waals surface area contributed by atoms with Gasteiger partial charge in [0.25, 0.3) is 0 Å². The maximum Gasteiger partial charge on any atom is 0.223 e. The number of hydrogen-bond acceptors (Lipinski definition) is 6. The molecule has 4 N–H and O–H groups in total. The molecule has 6 heteroatoms. The largest absolute Gasteiger partial charge is 0.391 e. The third-order valence-corrected chi connectivity index (χ3v) is 2.47. The highest BCUT2D eigenvalue weighted by Crippen LogP contribution is 2.21. The van der Waals surface area contributed by atoms with Crippen molar-refractivity contribution in [2.75, 3.05) is 36.1 Å². The molecule has 0 unspecified atom stereocenters. The van der Waals surface area contributed by atoms with E-state index in [0.717, 1.165) is 18.8 Å². The molecule has 0 aliphatic carbocycles. The predicted molar refractivity (Wildman–Crippen MR) is 58.8 cm³/mol. The second kappa shape index (κ2) is 3.90. The number of nitrogens with zero attached hydrogens (tertiary/aromatic N) is 3. The van der Waals surface area contributed by atoms with Gasteiger partial charge in [0.2, 0.25) is 5.95 Å². The summed E-state index contributed by atoms with van der Waals surface area (Å²) in [5.74, 6) is 1.71. The van der Waals surface area contributed by atoms with Crippen LogP contribution in [0.5, 0.6) is 0 Å². The van der Waals surface area contributed by atoms with Crippen LogP contribution in [0.2, 0.25) is 0 Å². The van der Waals surface area contributed by atoms with Gasteiger partial charge in [0.1, 0.15) is 11.6 Å². The summed E-state index contributed by atoms with van der Waals surface area (Å²) in [6.45, 7) is 1.42. The number of anilines is 3. The Hall–Kier alpha value is -1.56. The SMILES string of the molecule is CNc1cc(N2CC[C@@H](O)C2)nc(N)n1. The molecule has 0 aromatic carbocycles. The fraction of sp³-hybridized carbons (Fsp3) is 0.556. The second-order valence-electron chi connectivity index (χ2n) is 3.61. The molecule has 1 aliphatic rings. The van der Waals surface area contributed by atoms with Crippen molar-refractivity contribution < 1.29 is 5.11 Å². The molecule has 0 saturated carbocycles. The Morgan fingerprint density at radius 1 is 1.60 bits per heavy atom. The monoisotopic (exact) mass is 209 g/mol. The first-order valence-corrected chi connectivity index (χ1v) is 4.94. The van der Waals surface area contributed by atoms with E-state index in [0.29, 0.717) is 12.4 Å². The van der Waals surface area contributed by atoms with Gasteiger partial charge in [-0.3, -0.25) is 0 Å². The van der Waals surface area contributed by atoms with Crippen LogP contribution in [0.1, 0.15) is 6.42 Å². The molecular weight excluding hydrogens is 194 g/mol. The number of nitrogens with two attached hydrogens (primary N) is 1. The summed E-state index contributed by atoms with van der Waals surface area (Å²) < 4.78 is 0.